The number of carboxylic acids is 2. The second-order valence-corrected chi connectivity index (χ2v) is 15.4. The molecule has 318 valence electrons. The summed E-state index contributed by atoms with van der Waals surface area (Å²) < 4.78 is 0. The Labute approximate surface area is 340 Å². The number of H-pyrrole nitrogens is 2. The standard InChI is InChI=1S/C41H54N8O10/c1-21(2)13-27(42)36(53)45-32(17-35(51)52)39(56)46-31(16-24-19-44-29-12-8-6-10-26(24)29)38(55)49-34(20-50)40(57)47-30(37(54)48-33(41(58)59)14-22(3)4)15-23-18-43-28-11-7-5-9-25(23)28/h5-12,18-19,21-22,27,30-34,43-44,50H,13-17,20,42H2,1-4H3,(H,45,53)(H,46,56)(H,47,57)(H,48,54)(H,49,55)(H,51,52)(H,58,59). The first-order chi connectivity index (χ1) is 28.0. The van der Waals surface area contributed by atoms with Crippen molar-refractivity contribution in [3.8, 4) is 0 Å². The molecule has 6 unspecified atom stereocenters. The molecule has 0 fully saturated rings. The summed E-state index contributed by atoms with van der Waals surface area (Å²) >= 11 is 0. The monoisotopic (exact) mass is 818 g/mol. The van der Waals surface area contributed by atoms with Crippen LogP contribution in [-0.2, 0) is 46.4 Å². The van der Waals surface area contributed by atoms with Crippen molar-refractivity contribution in [2.24, 2.45) is 17.6 Å². The zero-order valence-corrected chi connectivity index (χ0v) is 33.4. The molecule has 4 rings (SSSR count). The summed E-state index contributed by atoms with van der Waals surface area (Å²) in [6.45, 7) is 6.31. The number of hydrogen-bond donors (Lipinski definition) is 11. The summed E-state index contributed by atoms with van der Waals surface area (Å²) in [5.74, 6) is -7.31. The van der Waals surface area contributed by atoms with Crippen LogP contribution in [0.15, 0.2) is 60.9 Å². The normalized spacial score (nSPS) is 14.5. The summed E-state index contributed by atoms with van der Waals surface area (Å²) in [6.07, 6.45) is 2.52. The lowest BCUT2D eigenvalue weighted by molar-refractivity contribution is -0.143. The highest BCUT2D eigenvalue weighted by Crippen LogP contribution is 2.21. The number of nitrogens with two attached hydrogens (primary N) is 1. The molecule has 0 saturated heterocycles. The first-order valence-corrected chi connectivity index (χ1v) is 19.4. The number of nitrogens with one attached hydrogen (secondary N) is 7. The Kier molecular flexibility index (Phi) is 16.1. The third-order valence-electron chi connectivity index (χ3n) is 9.67. The van der Waals surface area contributed by atoms with Gasteiger partial charge in [-0.3, -0.25) is 28.8 Å². The van der Waals surface area contributed by atoms with Crippen LogP contribution < -0.4 is 32.3 Å². The van der Waals surface area contributed by atoms with Crippen molar-refractivity contribution >= 4 is 63.3 Å². The maximum Gasteiger partial charge on any atom is 0.326 e. The van der Waals surface area contributed by atoms with Crippen molar-refractivity contribution in [3.05, 3.63) is 72.1 Å². The number of hydrogen-bond acceptors (Lipinski definition) is 9. The van der Waals surface area contributed by atoms with Gasteiger partial charge in [-0.25, -0.2) is 4.79 Å². The molecular formula is C41H54N8O10. The van der Waals surface area contributed by atoms with Crippen LogP contribution in [0.4, 0.5) is 0 Å². The third kappa shape index (κ3) is 12.9. The van der Waals surface area contributed by atoms with E-state index < -0.39 is 90.8 Å². The van der Waals surface area contributed by atoms with Crippen molar-refractivity contribution in [1.29, 1.82) is 0 Å². The van der Waals surface area contributed by atoms with Gasteiger partial charge in [0, 0.05) is 47.0 Å². The average Bonchev–Trinajstić information content (AvgIpc) is 3.78. The van der Waals surface area contributed by atoms with Crippen LogP contribution in [0.2, 0.25) is 0 Å². The first-order valence-electron chi connectivity index (χ1n) is 19.4. The highest BCUT2D eigenvalue weighted by molar-refractivity contribution is 5.98. The Hall–Kier alpha value is -6.27. The van der Waals surface area contributed by atoms with Gasteiger partial charge in [-0.15, -0.1) is 0 Å². The number of fused-ring (bicyclic) bond motifs is 2. The molecule has 59 heavy (non-hydrogen) atoms. The molecule has 0 aliphatic rings. The van der Waals surface area contributed by atoms with E-state index in [-0.39, 0.29) is 37.5 Å². The van der Waals surface area contributed by atoms with E-state index in [1.54, 1.807) is 56.6 Å². The van der Waals surface area contributed by atoms with Crippen LogP contribution in [0.5, 0.6) is 0 Å². The van der Waals surface area contributed by atoms with Gasteiger partial charge in [-0.2, -0.15) is 0 Å². The van der Waals surface area contributed by atoms with Crippen LogP contribution >= 0.6 is 0 Å². The Bertz CT molecular complexity index is 2130. The Morgan fingerprint density at radius 2 is 0.983 bits per heavy atom. The number of benzene rings is 2. The van der Waals surface area contributed by atoms with E-state index in [9.17, 15) is 48.9 Å². The zero-order valence-electron chi connectivity index (χ0n) is 33.4. The summed E-state index contributed by atoms with van der Waals surface area (Å²) in [7, 11) is 0. The third-order valence-corrected chi connectivity index (χ3v) is 9.67. The van der Waals surface area contributed by atoms with Gasteiger partial charge in [0.1, 0.15) is 30.2 Å². The number of rotatable bonds is 22. The number of carbonyl (C=O) groups is 7. The van der Waals surface area contributed by atoms with E-state index in [2.05, 4.69) is 36.6 Å². The average molecular weight is 819 g/mol. The lowest BCUT2D eigenvalue weighted by Gasteiger charge is -2.26. The van der Waals surface area contributed by atoms with E-state index in [4.69, 9.17) is 5.73 Å². The molecule has 18 heteroatoms. The number of aliphatic carboxylic acids is 2. The maximum atomic E-state index is 14.1. The summed E-state index contributed by atoms with van der Waals surface area (Å²) in [5.41, 5.74) is 8.64. The predicted molar refractivity (Wildman–Crippen MR) is 218 cm³/mol. The van der Waals surface area contributed by atoms with Crippen LogP contribution in [-0.4, -0.2) is 110 Å². The van der Waals surface area contributed by atoms with Gasteiger partial charge in [0.25, 0.3) is 0 Å². The van der Waals surface area contributed by atoms with Gasteiger partial charge < -0.3 is 57.6 Å². The molecule has 2 aromatic heterocycles. The van der Waals surface area contributed by atoms with Crippen molar-refractivity contribution < 1.29 is 48.9 Å². The second-order valence-electron chi connectivity index (χ2n) is 15.4. The van der Waals surface area contributed by atoms with Gasteiger partial charge in [0.15, 0.2) is 0 Å². The molecule has 5 amide bonds. The zero-order chi connectivity index (χ0) is 43.4. The smallest absolute Gasteiger partial charge is 0.326 e. The SMILES string of the molecule is CC(C)CC(N)C(=O)NC(CC(=O)O)C(=O)NC(Cc1c[nH]c2ccccc12)C(=O)NC(CO)C(=O)NC(Cc1c[nH]c2ccccc12)C(=O)NC(CC(C)C)C(=O)O. The molecule has 6 atom stereocenters. The number of amides is 5. The highest BCUT2D eigenvalue weighted by atomic mass is 16.4. The molecule has 0 aliphatic carbocycles. The van der Waals surface area contributed by atoms with Crippen molar-refractivity contribution in [2.75, 3.05) is 6.61 Å². The quantitative estimate of drug-likeness (QED) is 0.0528. The molecule has 2 aromatic carbocycles. The molecule has 0 saturated carbocycles. The van der Waals surface area contributed by atoms with Gasteiger partial charge in [0.2, 0.25) is 29.5 Å². The van der Waals surface area contributed by atoms with Gasteiger partial charge in [-0.05, 0) is 47.9 Å². The number of para-hydroxylation sites is 2. The lowest BCUT2D eigenvalue weighted by Crippen LogP contribution is -2.60. The minimum Gasteiger partial charge on any atom is -0.481 e. The minimum atomic E-state index is -1.68. The maximum absolute atomic E-state index is 14.1. The second kappa shape index (κ2) is 20.9. The fraction of sp³-hybridized carbons (Fsp3) is 0.439. The number of carbonyl (C=O) groups excluding carboxylic acids is 5. The van der Waals surface area contributed by atoms with Gasteiger partial charge in [-0.1, -0.05) is 64.1 Å². The molecule has 0 bridgehead atoms. The summed E-state index contributed by atoms with van der Waals surface area (Å²) in [5, 5.41) is 43.6. The molecular weight excluding hydrogens is 764 g/mol. The van der Waals surface area contributed by atoms with E-state index in [0.717, 1.165) is 10.9 Å². The highest BCUT2D eigenvalue weighted by Gasteiger charge is 2.34. The van der Waals surface area contributed by atoms with E-state index in [0.29, 0.717) is 22.0 Å². The largest absolute Gasteiger partial charge is 0.481 e. The molecule has 0 radical (unpaired) electrons. The number of aliphatic hydroxyl groups excluding tert-OH is 1. The minimum absolute atomic E-state index is 0.0214. The summed E-state index contributed by atoms with van der Waals surface area (Å²) in [4.78, 5) is 98.2. The first kappa shape index (κ1) is 45.4. The predicted octanol–water partition coefficient (Wildman–Crippen LogP) is 0.830. The fourth-order valence-electron chi connectivity index (χ4n) is 6.71. The number of aromatic amines is 2. The Balaban J connectivity index is 1.60. The van der Waals surface area contributed by atoms with E-state index >= 15 is 0 Å². The van der Waals surface area contributed by atoms with Crippen LogP contribution in [0.3, 0.4) is 0 Å². The number of aliphatic hydroxyl groups is 1. The van der Waals surface area contributed by atoms with Crippen LogP contribution in [0.1, 0.15) is 58.1 Å². The van der Waals surface area contributed by atoms with E-state index in [1.165, 1.54) is 0 Å². The van der Waals surface area contributed by atoms with Gasteiger partial charge >= 0.3 is 11.9 Å². The Morgan fingerprint density at radius 3 is 1.42 bits per heavy atom. The fourth-order valence-corrected chi connectivity index (χ4v) is 6.71. The topological polar surface area (TPSA) is 298 Å². The molecule has 4 aromatic rings. The number of carboxylic acid groups (broad SMARTS) is 2. The Morgan fingerprint density at radius 1 is 0.576 bits per heavy atom. The molecule has 18 nitrogen and oxygen atoms in total. The molecule has 0 spiro atoms. The lowest BCUT2D eigenvalue weighted by atomic mass is 10.0. The van der Waals surface area contributed by atoms with Crippen LogP contribution in [0.25, 0.3) is 21.8 Å². The van der Waals surface area contributed by atoms with Crippen molar-refractivity contribution in [2.45, 2.75) is 96.1 Å². The van der Waals surface area contributed by atoms with Crippen molar-refractivity contribution in [1.82, 2.24) is 36.6 Å². The van der Waals surface area contributed by atoms with Gasteiger partial charge in [0.05, 0.1) is 19.1 Å². The van der Waals surface area contributed by atoms with Crippen LogP contribution in [0, 0.1) is 11.8 Å². The molecule has 2 heterocycles. The number of aromatic nitrogens is 2. The van der Waals surface area contributed by atoms with E-state index in [1.807, 2.05) is 32.0 Å². The summed E-state index contributed by atoms with van der Waals surface area (Å²) in [6, 6.07) is 5.87. The van der Waals surface area contributed by atoms with Crippen molar-refractivity contribution in [3.63, 3.8) is 0 Å². The molecule has 12 N–H and O–H groups in total. The molecule has 0 aliphatic heterocycles.